The minimum Gasteiger partial charge on any atom is -0.453 e. The molecule has 1 amide bonds. The summed E-state index contributed by atoms with van der Waals surface area (Å²) in [7, 11) is 1.31. The molecular formula is C23H21NO3. The largest absolute Gasteiger partial charge is 0.453 e. The van der Waals surface area contributed by atoms with Gasteiger partial charge in [-0.15, -0.1) is 0 Å². The lowest BCUT2D eigenvalue weighted by Crippen LogP contribution is -2.35. The average Bonchev–Trinajstić information content (AvgIpc) is 2.75. The van der Waals surface area contributed by atoms with E-state index >= 15 is 0 Å². The van der Waals surface area contributed by atoms with Crippen molar-refractivity contribution in [2.45, 2.75) is 12.0 Å². The number of hydrogen-bond acceptors (Lipinski definition) is 3. The van der Waals surface area contributed by atoms with Crippen molar-refractivity contribution in [1.82, 2.24) is 5.32 Å². The van der Waals surface area contributed by atoms with Crippen LogP contribution in [0.3, 0.4) is 0 Å². The molecule has 2 atom stereocenters. The summed E-state index contributed by atoms with van der Waals surface area (Å²) in [6.45, 7) is 0. The summed E-state index contributed by atoms with van der Waals surface area (Å²) in [4.78, 5) is 25.5. The first-order chi connectivity index (χ1) is 13.2. The van der Waals surface area contributed by atoms with Gasteiger partial charge in [0.25, 0.3) is 0 Å². The lowest BCUT2D eigenvalue weighted by Gasteiger charge is -2.27. The number of benzene rings is 3. The first-order valence-corrected chi connectivity index (χ1v) is 8.74. The van der Waals surface area contributed by atoms with E-state index in [1.54, 1.807) is 12.1 Å². The molecule has 1 N–H and O–H groups in total. The third-order valence-electron chi connectivity index (χ3n) is 4.45. The van der Waals surface area contributed by atoms with E-state index in [0.29, 0.717) is 5.56 Å². The van der Waals surface area contributed by atoms with E-state index in [9.17, 15) is 9.59 Å². The van der Waals surface area contributed by atoms with E-state index in [1.807, 2.05) is 78.9 Å². The molecule has 3 aromatic carbocycles. The number of carbonyl (C=O) groups is 2. The monoisotopic (exact) mass is 359 g/mol. The molecule has 3 rings (SSSR count). The predicted octanol–water partition coefficient (Wildman–Crippen LogP) is 4.75. The van der Waals surface area contributed by atoms with Gasteiger partial charge in [-0.3, -0.25) is 4.79 Å². The SMILES string of the molecule is COC(=O)NC(c1ccccc1)C(C(=O)c1ccccc1)c1ccccc1. The van der Waals surface area contributed by atoms with Crippen LogP contribution in [0.15, 0.2) is 91.0 Å². The zero-order valence-electron chi connectivity index (χ0n) is 15.0. The van der Waals surface area contributed by atoms with Gasteiger partial charge < -0.3 is 10.1 Å². The molecule has 0 aliphatic carbocycles. The molecule has 0 saturated heterocycles. The van der Waals surface area contributed by atoms with Crippen LogP contribution < -0.4 is 5.32 Å². The van der Waals surface area contributed by atoms with Crippen molar-refractivity contribution < 1.29 is 14.3 Å². The van der Waals surface area contributed by atoms with E-state index in [-0.39, 0.29) is 5.78 Å². The van der Waals surface area contributed by atoms with Crippen LogP contribution in [-0.4, -0.2) is 19.0 Å². The Balaban J connectivity index is 2.10. The number of methoxy groups -OCH3 is 1. The Hall–Kier alpha value is -3.40. The zero-order chi connectivity index (χ0) is 19.1. The predicted molar refractivity (Wildman–Crippen MR) is 105 cm³/mol. The van der Waals surface area contributed by atoms with E-state index in [1.165, 1.54) is 7.11 Å². The van der Waals surface area contributed by atoms with Crippen molar-refractivity contribution in [3.63, 3.8) is 0 Å². The molecule has 0 bridgehead atoms. The molecular weight excluding hydrogens is 338 g/mol. The van der Waals surface area contributed by atoms with Crippen LogP contribution in [0.5, 0.6) is 0 Å². The summed E-state index contributed by atoms with van der Waals surface area (Å²) in [6.07, 6.45) is -0.578. The highest BCUT2D eigenvalue weighted by Crippen LogP contribution is 2.34. The highest BCUT2D eigenvalue weighted by molar-refractivity contribution is 6.01. The Morgan fingerprint density at radius 2 is 1.22 bits per heavy atom. The number of amides is 1. The Labute approximate surface area is 158 Å². The topological polar surface area (TPSA) is 55.4 Å². The lowest BCUT2D eigenvalue weighted by molar-refractivity contribution is 0.0936. The first-order valence-electron chi connectivity index (χ1n) is 8.74. The van der Waals surface area contributed by atoms with E-state index in [2.05, 4.69) is 5.32 Å². The molecule has 0 aliphatic heterocycles. The van der Waals surface area contributed by atoms with Gasteiger partial charge >= 0.3 is 6.09 Å². The summed E-state index contributed by atoms with van der Waals surface area (Å²) in [5.41, 5.74) is 2.26. The fourth-order valence-corrected chi connectivity index (χ4v) is 3.14. The summed E-state index contributed by atoms with van der Waals surface area (Å²) in [5, 5.41) is 2.85. The van der Waals surface area contributed by atoms with E-state index < -0.39 is 18.1 Å². The Bertz CT molecular complexity index is 879. The van der Waals surface area contributed by atoms with Crippen molar-refractivity contribution in [2.75, 3.05) is 7.11 Å². The fraction of sp³-hybridized carbons (Fsp3) is 0.130. The maximum absolute atomic E-state index is 13.4. The van der Waals surface area contributed by atoms with Crippen LogP contribution >= 0.6 is 0 Å². The van der Waals surface area contributed by atoms with Gasteiger partial charge in [0.15, 0.2) is 5.78 Å². The summed E-state index contributed by atoms with van der Waals surface area (Å²) >= 11 is 0. The molecule has 0 aliphatic rings. The van der Waals surface area contributed by atoms with Crippen LogP contribution in [0.2, 0.25) is 0 Å². The quantitative estimate of drug-likeness (QED) is 0.646. The van der Waals surface area contributed by atoms with Crippen molar-refractivity contribution >= 4 is 11.9 Å². The fourth-order valence-electron chi connectivity index (χ4n) is 3.14. The van der Waals surface area contributed by atoms with Gasteiger partial charge in [-0.05, 0) is 11.1 Å². The number of hydrogen-bond donors (Lipinski definition) is 1. The Morgan fingerprint density at radius 1 is 0.741 bits per heavy atom. The molecule has 3 aromatic rings. The van der Waals surface area contributed by atoms with E-state index in [0.717, 1.165) is 11.1 Å². The van der Waals surface area contributed by atoms with Crippen molar-refractivity contribution in [3.05, 3.63) is 108 Å². The molecule has 0 heterocycles. The van der Waals surface area contributed by atoms with Gasteiger partial charge in [0.1, 0.15) is 0 Å². The number of alkyl carbamates (subject to hydrolysis) is 1. The third-order valence-corrected chi connectivity index (χ3v) is 4.45. The highest BCUT2D eigenvalue weighted by Gasteiger charge is 2.33. The van der Waals surface area contributed by atoms with Crippen LogP contribution in [0.25, 0.3) is 0 Å². The average molecular weight is 359 g/mol. The molecule has 4 heteroatoms. The van der Waals surface area contributed by atoms with Crippen LogP contribution in [0, 0.1) is 0 Å². The van der Waals surface area contributed by atoms with Crippen molar-refractivity contribution in [2.24, 2.45) is 0 Å². The number of nitrogens with one attached hydrogen (secondary N) is 1. The number of carbonyl (C=O) groups excluding carboxylic acids is 2. The highest BCUT2D eigenvalue weighted by atomic mass is 16.5. The molecule has 0 aromatic heterocycles. The molecule has 27 heavy (non-hydrogen) atoms. The van der Waals surface area contributed by atoms with Crippen molar-refractivity contribution in [1.29, 1.82) is 0 Å². The van der Waals surface area contributed by atoms with Crippen LogP contribution in [0.4, 0.5) is 4.79 Å². The summed E-state index contributed by atoms with van der Waals surface area (Å²) < 4.78 is 4.81. The maximum Gasteiger partial charge on any atom is 0.407 e. The number of Topliss-reactive ketones (excluding diaryl/α,β-unsaturated/α-hetero) is 1. The number of ketones is 1. The maximum atomic E-state index is 13.4. The van der Waals surface area contributed by atoms with Gasteiger partial charge in [0, 0.05) is 5.56 Å². The molecule has 136 valence electrons. The molecule has 0 fully saturated rings. The first kappa shape index (κ1) is 18.4. The van der Waals surface area contributed by atoms with Gasteiger partial charge in [-0.2, -0.15) is 0 Å². The minimum absolute atomic E-state index is 0.0629. The summed E-state index contributed by atoms with van der Waals surface area (Å²) in [5.74, 6) is -0.651. The summed E-state index contributed by atoms with van der Waals surface area (Å²) in [6, 6.07) is 27.5. The Kier molecular flexibility index (Phi) is 6.00. The smallest absolute Gasteiger partial charge is 0.407 e. The number of rotatable bonds is 6. The molecule has 0 saturated carbocycles. The van der Waals surface area contributed by atoms with Gasteiger partial charge in [0.05, 0.1) is 19.1 Å². The second-order valence-corrected chi connectivity index (χ2v) is 6.14. The second-order valence-electron chi connectivity index (χ2n) is 6.14. The molecule has 0 spiro atoms. The standard InChI is InChI=1S/C23H21NO3/c1-27-23(26)24-21(18-13-7-3-8-14-18)20(17-11-5-2-6-12-17)22(25)19-15-9-4-10-16-19/h2-16,20-21H,1H3,(H,24,26). The number of ether oxygens (including phenoxy) is 1. The molecule has 4 nitrogen and oxygen atoms in total. The van der Waals surface area contributed by atoms with E-state index in [4.69, 9.17) is 4.74 Å². The Morgan fingerprint density at radius 3 is 1.74 bits per heavy atom. The van der Waals surface area contributed by atoms with Gasteiger partial charge in [-0.1, -0.05) is 91.0 Å². The lowest BCUT2D eigenvalue weighted by atomic mass is 9.81. The van der Waals surface area contributed by atoms with Crippen LogP contribution in [0.1, 0.15) is 33.4 Å². The normalized spacial score (nSPS) is 12.6. The second kappa shape index (κ2) is 8.81. The zero-order valence-corrected chi connectivity index (χ0v) is 15.0. The van der Waals surface area contributed by atoms with Crippen LogP contribution in [-0.2, 0) is 4.74 Å². The minimum atomic E-state index is -0.588. The third kappa shape index (κ3) is 4.42. The molecule has 2 unspecified atom stereocenters. The van der Waals surface area contributed by atoms with Gasteiger partial charge in [-0.25, -0.2) is 4.79 Å². The molecule has 0 radical (unpaired) electrons. The van der Waals surface area contributed by atoms with Crippen molar-refractivity contribution in [3.8, 4) is 0 Å². The van der Waals surface area contributed by atoms with Gasteiger partial charge in [0.2, 0.25) is 0 Å².